The van der Waals surface area contributed by atoms with Crippen molar-refractivity contribution >= 4 is 21.6 Å². The fourth-order valence-corrected chi connectivity index (χ4v) is 3.67. The maximum absolute atomic E-state index is 11.8. The van der Waals surface area contributed by atoms with E-state index >= 15 is 0 Å². The first-order valence-electron chi connectivity index (χ1n) is 5.91. The summed E-state index contributed by atoms with van der Waals surface area (Å²) in [6.07, 6.45) is 0.460. The summed E-state index contributed by atoms with van der Waals surface area (Å²) < 4.78 is 27.7. The van der Waals surface area contributed by atoms with Crippen LogP contribution in [0.4, 0.5) is 10.5 Å². The number of ether oxygens (including phenoxy) is 1. The highest BCUT2D eigenvalue weighted by Crippen LogP contribution is 2.22. The maximum Gasteiger partial charge on any atom is 0.319 e. The van der Waals surface area contributed by atoms with Gasteiger partial charge in [0, 0.05) is 6.04 Å². The van der Waals surface area contributed by atoms with Crippen molar-refractivity contribution in [2.45, 2.75) is 12.5 Å². The Hall–Kier alpha value is -1.76. The summed E-state index contributed by atoms with van der Waals surface area (Å²) in [7, 11) is -1.48. The van der Waals surface area contributed by atoms with Gasteiger partial charge in [0.2, 0.25) is 0 Å². The Morgan fingerprint density at radius 2 is 2.11 bits per heavy atom. The Morgan fingerprint density at radius 3 is 2.74 bits per heavy atom. The molecule has 1 fully saturated rings. The fraction of sp³-hybridized carbons (Fsp3) is 0.417. The Morgan fingerprint density at radius 1 is 1.37 bits per heavy atom. The predicted molar refractivity (Wildman–Crippen MR) is 72.2 cm³/mol. The molecule has 104 valence electrons. The summed E-state index contributed by atoms with van der Waals surface area (Å²) in [5.41, 5.74) is 0.545. The van der Waals surface area contributed by atoms with E-state index in [4.69, 9.17) is 4.74 Å². The predicted octanol–water partition coefficient (Wildman–Crippen LogP) is 1.00. The summed E-state index contributed by atoms with van der Waals surface area (Å²) in [5, 5.41) is 5.30. The van der Waals surface area contributed by atoms with Gasteiger partial charge in [-0.1, -0.05) is 12.1 Å². The molecule has 0 bridgehead atoms. The van der Waals surface area contributed by atoms with E-state index in [-0.39, 0.29) is 17.5 Å². The number of anilines is 1. The normalized spacial score (nSPS) is 20.8. The minimum absolute atomic E-state index is 0.00629. The molecule has 0 aliphatic carbocycles. The van der Waals surface area contributed by atoms with Gasteiger partial charge in [-0.05, 0) is 18.6 Å². The van der Waals surface area contributed by atoms with Crippen LogP contribution in [-0.2, 0) is 9.84 Å². The second kappa shape index (κ2) is 5.48. The van der Waals surface area contributed by atoms with Crippen LogP contribution in [0.25, 0.3) is 0 Å². The van der Waals surface area contributed by atoms with E-state index in [1.54, 1.807) is 24.3 Å². The van der Waals surface area contributed by atoms with Gasteiger partial charge in [-0.25, -0.2) is 13.2 Å². The van der Waals surface area contributed by atoms with Gasteiger partial charge in [0.1, 0.15) is 5.75 Å². The Bertz CT molecular complexity index is 571. The molecule has 1 aliphatic rings. The second-order valence-electron chi connectivity index (χ2n) is 4.40. The van der Waals surface area contributed by atoms with Crippen molar-refractivity contribution in [1.82, 2.24) is 5.32 Å². The highest BCUT2D eigenvalue weighted by atomic mass is 32.2. The van der Waals surface area contributed by atoms with Crippen LogP contribution in [0.3, 0.4) is 0 Å². The molecule has 2 amide bonds. The van der Waals surface area contributed by atoms with Crippen LogP contribution < -0.4 is 15.4 Å². The first kappa shape index (κ1) is 13.7. The molecule has 0 aromatic heterocycles. The number of methoxy groups -OCH3 is 1. The van der Waals surface area contributed by atoms with Crippen LogP contribution in [0.5, 0.6) is 5.75 Å². The molecule has 0 radical (unpaired) electrons. The molecule has 0 spiro atoms. The van der Waals surface area contributed by atoms with Crippen molar-refractivity contribution in [3.05, 3.63) is 24.3 Å². The standard InChI is InChI=1S/C12H16N2O4S/c1-18-11-5-3-2-4-10(11)14-12(15)13-9-6-7-19(16,17)8-9/h2-5,9H,6-8H2,1H3,(H2,13,14,15). The Labute approximate surface area is 112 Å². The van der Waals surface area contributed by atoms with E-state index in [2.05, 4.69) is 10.6 Å². The zero-order valence-electron chi connectivity index (χ0n) is 10.5. The fourth-order valence-electron chi connectivity index (χ4n) is 2.00. The van der Waals surface area contributed by atoms with Gasteiger partial charge in [0.25, 0.3) is 0 Å². The van der Waals surface area contributed by atoms with E-state index in [1.807, 2.05) is 0 Å². The van der Waals surface area contributed by atoms with Gasteiger partial charge in [0.05, 0.1) is 24.3 Å². The summed E-state index contributed by atoms with van der Waals surface area (Å²) >= 11 is 0. The molecule has 1 aromatic carbocycles. The number of carbonyl (C=O) groups excluding carboxylic acids is 1. The first-order valence-corrected chi connectivity index (χ1v) is 7.73. The molecular weight excluding hydrogens is 268 g/mol. The number of rotatable bonds is 3. The number of benzene rings is 1. The number of carbonyl (C=O) groups is 1. The van der Waals surface area contributed by atoms with E-state index in [0.29, 0.717) is 17.9 Å². The number of nitrogens with one attached hydrogen (secondary N) is 2. The van der Waals surface area contributed by atoms with Gasteiger partial charge in [-0.2, -0.15) is 0 Å². The third-order valence-electron chi connectivity index (χ3n) is 2.92. The van der Waals surface area contributed by atoms with E-state index in [9.17, 15) is 13.2 Å². The highest BCUT2D eigenvalue weighted by Gasteiger charge is 2.28. The van der Waals surface area contributed by atoms with E-state index in [1.165, 1.54) is 7.11 Å². The third-order valence-corrected chi connectivity index (χ3v) is 4.69. The Kier molecular flexibility index (Phi) is 3.94. The molecule has 1 unspecified atom stereocenters. The summed E-state index contributed by atoms with van der Waals surface area (Å²) in [6.45, 7) is 0. The van der Waals surface area contributed by atoms with Crippen LogP contribution in [0, 0.1) is 0 Å². The molecule has 19 heavy (non-hydrogen) atoms. The number of urea groups is 1. The molecule has 2 rings (SSSR count). The van der Waals surface area contributed by atoms with Crippen molar-refractivity contribution in [3.63, 3.8) is 0 Å². The molecule has 1 heterocycles. The lowest BCUT2D eigenvalue weighted by Crippen LogP contribution is -2.38. The van der Waals surface area contributed by atoms with Crippen LogP contribution >= 0.6 is 0 Å². The quantitative estimate of drug-likeness (QED) is 0.867. The van der Waals surface area contributed by atoms with Gasteiger partial charge in [-0.3, -0.25) is 0 Å². The topological polar surface area (TPSA) is 84.5 Å². The minimum Gasteiger partial charge on any atom is -0.495 e. The van der Waals surface area contributed by atoms with Crippen molar-refractivity contribution in [1.29, 1.82) is 0 Å². The van der Waals surface area contributed by atoms with Crippen LogP contribution in [0.2, 0.25) is 0 Å². The number of para-hydroxylation sites is 2. The smallest absolute Gasteiger partial charge is 0.319 e. The first-order chi connectivity index (χ1) is 9.00. The van der Waals surface area contributed by atoms with Gasteiger partial charge < -0.3 is 15.4 Å². The molecule has 6 nitrogen and oxygen atoms in total. The average Bonchev–Trinajstić information content (AvgIpc) is 2.69. The van der Waals surface area contributed by atoms with E-state index in [0.717, 1.165) is 0 Å². The molecule has 0 saturated carbocycles. The van der Waals surface area contributed by atoms with Gasteiger partial charge in [0.15, 0.2) is 9.84 Å². The molecule has 1 aromatic rings. The van der Waals surface area contributed by atoms with Crippen LogP contribution in [0.1, 0.15) is 6.42 Å². The SMILES string of the molecule is COc1ccccc1NC(=O)NC1CCS(=O)(=O)C1. The minimum atomic E-state index is -2.99. The summed E-state index contributed by atoms with van der Waals surface area (Å²) in [5.74, 6) is 0.690. The summed E-state index contributed by atoms with van der Waals surface area (Å²) in [6, 6.07) is 6.27. The molecule has 2 N–H and O–H groups in total. The zero-order chi connectivity index (χ0) is 13.9. The van der Waals surface area contributed by atoms with Crippen molar-refractivity contribution < 1.29 is 17.9 Å². The molecule has 7 heteroatoms. The van der Waals surface area contributed by atoms with Crippen molar-refractivity contribution in [2.24, 2.45) is 0 Å². The van der Waals surface area contributed by atoms with E-state index < -0.39 is 15.9 Å². The number of amides is 2. The monoisotopic (exact) mass is 284 g/mol. The molecule has 1 aliphatic heterocycles. The van der Waals surface area contributed by atoms with Crippen LogP contribution in [0.15, 0.2) is 24.3 Å². The van der Waals surface area contributed by atoms with Crippen molar-refractivity contribution in [2.75, 3.05) is 23.9 Å². The number of sulfone groups is 1. The lowest BCUT2D eigenvalue weighted by molar-refractivity contribution is 0.249. The Balaban J connectivity index is 1.95. The average molecular weight is 284 g/mol. The second-order valence-corrected chi connectivity index (χ2v) is 6.63. The molecule has 1 saturated heterocycles. The lowest BCUT2D eigenvalue weighted by Gasteiger charge is -2.13. The molecular formula is C12H16N2O4S. The maximum atomic E-state index is 11.8. The number of hydrogen-bond donors (Lipinski definition) is 2. The largest absolute Gasteiger partial charge is 0.495 e. The third kappa shape index (κ3) is 3.60. The van der Waals surface area contributed by atoms with Gasteiger partial charge in [-0.15, -0.1) is 0 Å². The number of hydrogen-bond acceptors (Lipinski definition) is 4. The van der Waals surface area contributed by atoms with Crippen molar-refractivity contribution in [3.8, 4) is 5.75 Å². The summed E-state index contributed by atoms with van der Waals surface area (Å²) in [4.78, 5) is 11.8. The zero-order valence-corrected chi connectivity index (χ0v) is 11.4. The van der Waals surface area contributed by atoms with Gasteiger partial charge >= 0.3 is 6.03 Å². The highest BCUT2D eigenvalue weighted by molar-refractivity contribution is 7.91. The van der Waals surface area contributed by atoms with Crippen LogP contribution in [-0.4, -0.2) is 39.1 Å². The lowest BCUT2D eigenvalue weighted by atomic mass is 10.2. The molecule has 1 atom stereocenters.